The monoisotopic (exact) mass is 622 g/mol. The summed E-state index contributed by atoms with van der Waals surface area (Å²) in [5, 5.41) is 11.8. The number of rotatable bonds is 6. The molecule has 1 saturated carbocycles. The third-order valence-corrected chi connectivity index (χ3v) is 9.35. The second-order valence-corrected chi connectivity index (χ2v) is 12.9. The minimum atomic E-state index is -1.44. The molecule has 1 fully saturated rings. The van der Waals surface area contributed by atoms with Crippen LogP contribution in [0.3, 0.4) is 0 Å². The lowest BCUT2D eigenvalue weighted by Crippen LogP contribution is -2.57. The van der Waals surface area contributed by atoms with Crippen LogP contribution in [0.5, 0.6) is 0 Å². The van der Waals surface area contributed by atoms with E-state index in [2.05, 4.69) is 0 Å². The number of ketones is 1. The summed E-state index contributed by atoms with van der Waals surface area (Å²) in [4.78, 5) is 64.7. The first kappa shape index (κ1) is 33.8. The predicted octanol–water partition coefficient (Wildman–Crippen LogP) is 4.44. The molecule has 10 heteroatoms. The van der Waals surface area contributed by atoms with Crippen LogP contribution < -0.4 is 0 Å². The topological polar surface area (TPSA) is 143 Å². The lowest BCUT2D eigenvalue weighted by Gasteiger charge is -2.51. The van der Waals surface area contributed by atoms with E-state index in [1.54, 1.807) is 26.0 Å². The molecule has 10 nitrogen and oxygen atoms in total. The van der Waals surface area contributed by atoms with Crippen molar-refractivity contribution in [1.82, 2.24) is 0 Å². The van der Waals surface area contributed by atoms with Gasteiger partial charge in [-0.3, -0.25) is 19.2 Å². The molecule has 0 amide bonds. The fourth-order valence-corrected chi connectivity index (χ4v) is 7.16. The number of aliphatic hydroxyl groups is 1. The summed E-state index contributed by atoms with van der Waals surface area (Å²) in [7, 11) is 0. The molecule has 0 spiro atoms. The molecular weight excluding hydrogens is 580 g/mol. The smallest absolute Gasteiger partial charge is 0.331 e. The number of carbonyl (C=O) groups excluding carboxylic acids is 5. The maximum Gasteiger partial charge on any atom is 0.331 e. The maximum absolute atomic E-state index is 14.7. The van der Waals surface area contributed by atoms with E-state index in [-0.39, 0.29) is 19.3 Å². The Morgan fingerprint density at radius 2 is 1.49 bits per heavy atom. The maximum atomic E-state index is 14.7. The molecule has 7 unspecified atom stereocenters. The van der Waals surface area contributed by atoms with Crippen LogP contribution in [0.1, 0.15) is 73.3 Å². The summed E-state index contributed by atoms with van der Waals surface area (Å²) in [6.07, 6.45) is -0.667. The molecule has 7 atom stereocenters. The van der Waals surface area contributed by atoms with Gasteiger partial charge in [-0.1, -0.05) is 50.3 Å². The van der Waals surface area contributed by atoms with Gasteiger partial charge in [0.25, 0.3) is 0 Å². The van der Waals surface area contributed by atoms with Crippen molar-refractivity contribution in [2.24, 2.45) is 16.7 Å². The number of hydrogen-bond donors (Lipinski definition) is 1. The van der Waals surface area contributed by atoms with Crippen LogP contribution in [0.2, 0.25) is 0 Å². The summed E-state index contributed by atoms with van der Waals surface area (Å²) in [6, 6.07) is 9.19. The molecular formula is C35H42O10. The molecule has 0 saturated heterocycles. The summed E-state index contributed by atoms with van der Waals surface area (Å²) >= 11 is 0. The van der Waals surface area contributed by atoms with Gasteiger partial charge >= 0.3 is 23.9 Å². The van der Waals surface area contributed by atoms with Crippen molar-refractivity contribution in [3.8, 4) is 0 Å². The van der Waals surface area contributed by atoms with Crippen LogP contribution in [0, 0.1) is 16.7 Å². The quantitative estimate of drug-likeness (QED) is 0.209. The van der Waals surface area contributed by atoms with Crippen molar-refractivity contribution in [3.05, 3.63) is 64.8 Å². The Bertz CT molecular complexity index is 1450. The first-order valence-corrected chi connectivity index (χ1v) is 15.1. The predicted molar refractivity (Wildman–Crippen MR) is 163 cm³/mol. The van der Waals surface area contributed by atoms with E-state index in [1.165, 1.54) is 26.8 Å². The first-order valence-electron chi connectivity index (χ1n) is 15.1. The Morgan fingerprint density at radius 1 is 0.867 bits per heavy atom. The van der Waals surface area contributed by atoms with E-state index in [1.807, 2.05) is 44.2 Å². The Morgan fingerprint density at radius 3 is 2.09 bits per heavy atom. The molecule has 45 heavy (non-hydrogen) atoms. The molecule has 1 N–H and O–H groups in total. The van der Waals surface area contributed by atoms with Gasteiger partial charge in [-0.2, -0.15) is 0 Å². The Kier molecular flexibility index (Phi) is 9.87. The van der Waals surface area contributed by atoms with Gasteiger partial charge in [0.2, 0.25) is 0 Å². The first-order chi connectivity index (χ1) is 21.0. The molecule has 242 valence electrons. The SMILES string of the molecule is CC(=O)OC1CC2C(O)C=C3CC(C)(C(=O)C(OC(C)=O)C(=C1C)C2(C)C)C(OC(C)=O)CC3OC(=O)C=Cc1ccccc1. The molecule has 4 rings (SSSR count). The van der Waals surface area contributed by atoms with E-state index in [0.29, 0.717) is 16.7 Å². The van der Waals surface area contributed by atoms with Gasteiger partial charge in [-0.25, -0.2) is 4.79 Å². The highest BCUT2D eigenvalue weighted by Crippen LogP contribution is 2.53. The molecule has 4 bridgehead atoms. The standard InChI is InChI=1S/C35H42O10/c1-19-27(42-20(2)36)16-25-26(39)15-24-18-35(7,33(41)32(44-22(4)38)31(19)34(25,5)6)29(43-21(3)37)17-28(24)45-30(40)14-13-23-11-9-8-10-12-23/h8-15,25-29,32,39H,16-18H2,1-7H3. The van der Waals surface area contributed by atoms with Gasteiger partial charge in [0.05, 0.1) is 11.5 Å². The zero-order chi connectivity index (χ0) is 33.3. The van der Waals surface area contributed by atoms with Crippen molar-refractivity contribution >= 4 is 35.7 Å². The van der Waals surface area contributed by atoms with Crippen LogP contribution in [0.15, 0.2) is 59.2 Å². The Balaban J connectivity index is 1.87. The molecule has 0 radical (unpaired) electrons. The second-order valence-electron chi connectivity index (χ2n) is 12.9. The van der Waals surface area contributed by atoms with Crippen molar-refractivity contribution < 1.29 is 48.0 Å². The largest absolute Gasteiger partial charge is 0.461 e. The summed E-state index contributed by atoms with van der Waals surface area (Å²) < 4.78 is 23.0. The van der Waals surface area contributed by atoms with Gasteiger partial charge in [0.1, 0.15) is 18.3 Å². The number of hydrogen-bond acceptors (Lipinski definition) is 10. The average Bonchev–Trinajstić information content (AvgIpc) is 2.94. The highest BCUT2D eigenvalue weighted by atomic mass is 16.6. The van der Waals surface area contributed by atoms with Gasteiger partial charge in [0, 0.05) is 39.2 Å². The van der Waals surface area contributed by atoms with Crippen LogP contribution in [0.25, 0.3) is 6.08 Å². The van der Waals surface area contributed by atoms with Crippen LogP contribution in [-0.2, 0) is 42.9 Å². The van der Waals surface area contributed by atoms with Gasteiger partial charge in [-0.05, 0) is 60.5 Å². The number of aliphatic hydroxyl groups excluding tert-OH is 1. The number of ether oxygens (including phenoxy) is 4. The summed E-state index contributed by atoms with van der Waals surface area (Å²) in [6.45, 7) is 10.8. The lowest BCUT2D eigenvalue weighted by molar-refractivity contribution is -0.172. The number of carbonyl (C=O) groups is 5. The molecule has 1 aromatic carbocycles. The summed E-state index contributed by atoms with van der Waals surface area (Å²) in [5.41, 5.74) is -0.104. The zero-order valence-electron chi connectivity index (χ0n) is 26.8. The third kappa shape index (κ3) is 7.11. The normalized spacial score (nSPS) is 31.0. The zero-order valence-corrected chi connectivity index (χ0v) is 26.8. The van der Waals surface area contributed by atoms with Crippen molar-refractivity contribution in [3.63, 3.8) is 0 Å². The van der Waals surface area contributed by atoms with Gasteiger partial charge < -0.3 is 24.1 Å². The molecule has 0 heterocycles. The van der Waals surface area contributed by atoms with E-state index in [4.69, 9.17) is 18.9 Å². The number of benzene rings is 1. The number of esters is 4. The molecule has 3 aliphatic carbocycles. The highest BCUT2D eigenvalue weighted by Gasteiger charge is 2.58. The number of Topliss-reactive ketones (excluding diaryl/α,β-unsaturated/α-hetero) is 1. The fourth-order valence-electron chi connectivity index (χ4n) is 7.16. The minimum Gasteiger partial charge on any atom is -0.461 e. The fraction of sp³-hybridized carbons (Fsp3) is 0.514. The van der Waals surface area contributed by atoms with Crippen molar-refractivity contribution in [2.75, 3.05) is 0 Å². The average molecular weight is 623 g/mol. The molecule has 0 aromatic heterocycles. The third-order valence-electron chi connectivity index (χ3n) is 9.35. The van der Waals surface area contributed by atoms with Crippen LogP contribution >= 0.6 is 0 Å². The van der Waals surface area contributed by atoms with Crippen molar-refractivity contribution in [2.45, 2.75) is 98.2 Å². The van der Waals surface area contributed by atoms with Crippen LogP contribution in [-0.4, -0.2) is 65.3 Å². The van der Waals surface area contributed by atoms with E-state index in [9.17, 15) is 29.1 Å². The molecule has 3 aliphatic rings. The molecule has 0 aliphatic heterocycles. The lowest BCUT2D eigenvalue weighted by atomic mass is 9.57. The van der Waals surface area contributed by atoms with E-state index in [0.717, 1.165) is 5.56 Å². The van der Waals surface area contributed by atoms with Crippen LogP contribution in [0.4, 0.5) is 0 Å². The second kappa shape index (κ2) is 13.1. The summed E-state index contributed by atoms with van der Waals surface area (Å²) in [5.74, 6) is -3.63. The highest BCUT2D eigenvalue weighted by molar-refractivity contribution is 5.95. The van der Waals surface area contributed by atoms with E-state index < -0.39 is 76.9 Å². The van der Waals surface area contributed by atoms with Gasteiger partial charge in [-0.15, -0.1) is 0 Å². The van der Waals surface area contributed by atoms with Gasteiger partial charge in [0.15, 0.2) is 11.9 Å². The minimum absolute atomic E-state index is 0.0359. The van der Waals surface area contributed by atoms with Crippen molar-refractivity contribution in [1.29, 1.82) is 0 Å². The molecule has 1 aromatic rings. The number of fused-ring (bicyclic) bond motifs is 4. The Hall–Kier alpha value is -4.05. The Labute approximate surface area is 263 Å². The van der Waals surface area contributed by atoms with E-state index >= 15 is 0 Å².